The molecule has 2 aliphatic heterocycles. The number of thioether (sulfide) groups is 1. The molecular weight excluding hydrogens is 392 g/mol. The third-order valence-electron chi connectivity index (χ3n) is 5.09. The van der Waals surface area contributed by atoms with Crippen molar-refractivity contribution in [2.45, 2.75) is 11.6 Å². The Bertz CT molecular complexity index is 1030. The fraction of sp³-hybridized carbons (Fsp3) is 0.368. The molecule has 2 aromatic heterocycles. The standard InChI is InChI=1S/C19H20N6O3S/c26-16(9-29-19-17-18(21-10-20-17)22-11-23-19)25-5-3-24(4-6-25)8-13-1-2-14-15(7-13)28-12-27-14/h1-2,7,10-11H,3-6,8-9,12H2,(H,20,21,22,23). The molecule has 10 heteroatoms. The Hall–Kier alpha value is -2.85. The molecule has 0 unspecified atom stereocenters. The van der Waals surface area contributed by atoms with E-state index in [0.29, 0.717) is 18.2 Å². The van der Waals surface area contributed by atoms with Gasteiger partial charge in [-0.25, -0.2) is 15.0 Å². The van der Waals surface area contributed by atoms with Crippen molar-refractivity contribution in [1.82, 2.24) is 29.7 Å². The average Bonchev–Trinajstić information content (AvgIpc) is 3.41. The highest BCUT2D eigenvalue weighted by molar-refractivity contribution is 8.00. The zero-order valence-corrected chi connectivity index (χ0v) is 16.5. The summed E-state index contributed by atoms with van der Waals surface area (Å²) in [6.07, 6.45) is 3.06. The monoisotopic (exact) mass is 412 g/mol. The molecule has 150 valence electrons. The minimum absolute atomic E-state index is 0.129. The molecular formula is C19H20N6O3S. The fourth-order valence-corrected chi connectivity index (χ4v) is 4.39. The van der Waals surface area contributed by atoms with E-state index in [1.807, 2.05) is 17.0 Å². The van der Waals surface area contributed by atoms with Crippen molar-refractivity contribution >= 4 is 28.8 Å². The molecule has 0 aliphatic carbocycles. The number of aromatic nitrogens is 4. The van der Waals surface area contributed by atoms with Crippen LogP contribution in [0.15, 0.2) is 35.9 Å². The molecule has 4 heterocycles. The third-order valence-corrected chi connectivity index (χ3v) is 6.06. The van der Waals surface area contributed by atoms with E-state index in [4.69, 9.17) is 9.47 Å². The number of ether oxygens (including phenoxy) is 2. The number of fused-ring (bicyclic) bond motifs is 2. The molecule has 0 saturated carbocycles. The van der Waals surface area contributed by atoms with Gasteiger partial charge in [-0.3, -0.25) is 9.69 Å². The van der Waals surface area contributed by atoms with Crippen molar-refractivity contribution in [2.75, 3.05) is 38.7 Å². The lowest BCUT2D eigenvalue weighted by Crippen LogP contribution is -2.48. The maximum atomic E-state index is 12.6. The van der Waals surface area contributed by atoms with Crippen molar-refractivity contribution in [3.8, 4) is 11.5 Å². The summed E-state index contributed by atoms with van der Waals surface area (Å²) in [6.45, 7) is 4.29. The molecule has 1 aromatic carbocycles. The smallest absolute Gasteiger partial charge is 0.233 e. The molecule has 0 bridgehead atoms. The molecule has 1 amide bonds. The first-order chi connectivity index (χ1) is 14.3. The molecule has 1 fully saturated rings. The minimum Gasteiger partial charge on any atom is -0.454 e. The van der Waals surface area contributed by atoms with E-state index in [2.05, 4.69) is 30.9 Å². The van der Waals surface area contributed by atoms with E-state index >= 15 is 0 Å². The van der Waals surface area contributed by atoms with Crippen LogP contribution in [0.4, 0.5) is 0 Å². The van der Waals surface area contributed by atoms with E-state index in [9.17, 15) is 4.79 Å². The van der Waals surface area contributed by atoms with E-state index in [1.165, 1.54) is 23.7 Å². The van der Waals surface area contributed by atoms with E-state index in [1.54, 1.807) is 6.33 Å². The Balaban J connectivity index is 1.12. The number of imidazole rings is 1. The molecule has 0 atom stereocenters. The van der Waals surface area contributed by atoms with Gasteiger partial charge in [-0.15, -0.1) is 0 Å². The summed E-state index contributed by atoms with van der Waals surface area (Å²) < 4.78 is 10.8. The first-order valence-corrected chi connectivity index (χ1v) is 10.4. The summed E-state index contributed by atoms with van der Waals surface area (Å²) in [7, 11) is 0. The molecule has 0 radical (unpaired) electrons. The van der Waals surface area contributed by atoms with E-state index in [-0.39, 0.29) is 5.91 Å². The van der Waals surface area contributed by atoms with Gasteiger partial charge >= 0.3 is 0 Å². The fourth-order valence-electron chi connectivity index (χ4n) is 3.53. The topological polar surface area (TPSA) is 96.5 Å². The Labute approximate surface area is 171 Å². The van der Waals surface area contributed by atoms with Crippen molar-refractivity contribution < 1.29 is 14.3 Å². The lowest BCUT2D eigenvalue weighted by Gasteiger charge is -2.34. The number of aromatic amines is 1. The molecule has 1 N–H and O–H groups in total. The summed E-state index contributed by atoms with van der Waals surface area (Å²) >= 11 is 1.42. The molecule has 9 nitrogen and oxygen atoms in total. The van der Waals surface area contributed by atoms with Crippen LogP contribution in [0.2, 0.25) is 0 Å². The van der Waals surface area contributed by atoms with Gasteiger partial charge in [0.15, 0.2) is 17.1 Å². The number of nitrogens with one attached hydrogen (secondary N) is 1. The predicted molar refractivity (Wildman–Crippen MR) is 107 cm³/mol. The highest BCUT2D eigenvalue weighted by Gasteiger charge is 2.22. The van der Waals surface area contributed by atoms with Gasteiger partial charge in [-0.2, -0.15) is 0 Å². The average molecular weight is 412 g/mol. The normalized spacial score (nSPS) is 16.5. The first kappa shape index (κ1) is 18.2. The zero-order chi connectivity index (χ0) is 19.6. The van der Waals surface area contributed by atoms with Crippen LogP contribution in [0.3, 0.4) is 0 Å². The largest absolute Gasteiger partial charge is 0.454 e. The molecule has 0 spiro atoms. The maximum Gasteiger partial charge on any atom is 0.233 e. The number of amides is 1. The Morgan fingerprint density at radius 2 is 1.97 bits per heavy atom. The lowest BCUT2D eigenvalue weighted by molar-refractivity contribution is -0.130. The summed E-state index contributed by atoms with van der Waals surface area (Å²) in [5.41, 5.74) is 2.59. The lowest BCUT2D eigenvalue weighted by atomic mass is 10.1. The van der Waals surface area contributed by atoms with Crippen LogP contribution in [0, 0.1) is 0 Å². The van der Waals surface area contributed by atoms with E-state index < -0.39 is 0 Å². The predicted octanol–water partition coefficient (Wildman–Crippen LogP) is 1.52. The number of H-pyrrole nitrogens is 1. The van der Waals surface area contributed by atoms with Gasteiger partial charge in [0.2, 0.25) is 12.7 Å². The number of carbonyl (C=O) groups excluding carboxylic acids is 1. The molecule has 3 aromatic rings. The van der Waals surface area contributed by atoms with Gasteiger partial charge in [0, 0.05) is 32.7 Å². The highest BCUT2D eigenvalue weighted by Crippen LogP contribution is 2.32. The van der Waals surface area contributed by atoms with Gasteiger partial charge in [0.1, 0.15) is 16.9 Å². The van der Waals surface area contributed by atoms with Crippen LogP contribution in [0.25, 0.3) is 11.2 Å². The van der Waals surface area contributed by atoms with Crippen LogP contribution < -0.4 is 9.47 Å². The zero-order valence-electron chi connectivity index (χ0n) is 15.7. The summed E-state index contributed by atoms with van der Waals surface area (Å²) in [4.78, 5) is 32.4. The second-order valence-electron chi connectivity index (χ2n) is 6.91. The number of benzene rings is 1. The van der Waals surface area contributed by atoms with Gasteiger partial charge in [0.25, 0.3) is 0 Å². The molecule has 1 saturated heterocycles. The molecule has 2 aliphatic rings. The number of nitrogens with zero attached hydrogens (tertiary/aromatic N) is 5. The Morgan fingerprint density at radius 3 is 2.86 bits per heavy atom. The van der Waals surface area contributed by atoms with Crippen LogP contribution in [-0.4, -0.2) is 74.4 Å². The van der Waals surface area contributed by atoms with Gasteiger partial charge in [0.05, 0.1) is 12.1 Å². The maximum absolute atomic E-state index is 12.6. The minimum atomic E-state index is 0.129. The number of hydrogen-bond acceptors (Lipinski definition) is 8. The van der Waals surface area contributed by atoms with Crippen molar-refractivity contribution in [1.29, 1.82) is 0 Å². The molecule has 5 rings (SSSR count). The van der Waals surface area contributed by atoms with Crippen LogP contribution in [0.5, 0.6) is 11.5 Å². The van der Waals surface area contributed by atoms with Gasteiger partial charge in [-0.1, -0.05) is 17.8 Å². The number of carbonyl (C=O) groups is 1. The number of hydrogen-bond donors (Lipinski definition) is 1. The van der Waals surface area contributed by atoms with Crippen molar-refractivity contribution in [3.63, 3.8) is 0 Å². The van der Waals surface area contributed by atoms with Crippen LogP contribution in [-0.2, 0) is 11.3 Å². The second-order valence-corrected chi connectivity index (χ2v) is 7.88. The van der Waals surface area contributed by atoms with Crippen LogP contribution in [0.1, 0.15) is 5.56 Å². The number of rotatable bonds is 5. The quantitative estimate of drug-likeness (QED) is 0.498. The highest BCUT2D eigenvalue weighted by atomic mass is 32.2. The first-order valence-electron chi connectivity index (χ1n) is 9.42. The molecule has 29 heavy (non-hydrogen) atoms. The van der Waals surface area contributed by atoms with E-state index in [0.717, 1.165) is 54.8 Å². The number of piperazine rings is 1. The SMILES string of the molecule is O=C(CSc1ncnc2nc[nH]c12)N1CCN(Cc2ccc3c(c2)OCO3)CC1. The van der Waals surface area contributed by atoms with Crippen molar-refractivity contribution in [3.05, 3.63) is 36.4 Å². The third kappa shape index (κ3) is 3.85. The van der Waals surface area contributed by atoms with Gasteiger partial charge < -0.3 is 19.4 Å². The van der Waals surface area contributed by atoms with Gasteiger partial charge in [-0.05, 0) is 17.7 Å². The van der Waals surface area contributed by atoms with Crippen LogP contribution >= 0.6 is 11.8 Å². The Kier molecular flexibility index (Phi) is 4.94. The van der Waals surface area contributed by atoms with Crippen molar-refractivity contribution in [2.24, 2.45) is 0 Å². The second kappa shape index (κ2) is 7.88. The summed E-state index contributed by atoms with van der Waals surface area (Å²) in [6, 6.07) is 6.06. The Morgan fingerprint density at radius 1 is 1.10 bits per heavy atom. The summed E-state index contributed by atoms with van der Waals surface area (Å²) in [5.74, 6) is 2.10. The summed E-state index contributed by atoms with van der Waals surface area (Å²) in [5, 5.41) is 0.752.